The quantitative estimate of drug-likeness (QED) is 0.399. The molecule has 0 saturated heterocycles. The number of aromatic nitrogens is 3. The number of nitrogens with zero attached hydrogens (tertiary/aromatic N) is 3. The Balaban J connectivity index is 1.65. The van der Waals surface area contributed by atoms with Gasteiger partial charge in [-0.05, 0) is 42.0 Å². The summed E-state index contributed by atoms with van der Waals surface area (Å²) >= 11 is 6.38. The summed E-state index contributed by atoms with van der Waals surface area (Å²) < 4.78 is 33.6. The van der Waals surface area contributed by atoms with Gasteiger partial charge < -0.3 is 19.5 Å². The zero-order valence-corrected chi connectivity index (χ0v) is 19.6. The number of ether oxygens (including phenoxy) is 3. The molecule has 3 aromatic carbocycles. The molecule has 176 valence electrons. The number of halogens is 2. The lowest BCUT2D eigenvalue weighted by Gasteiger charge is -2.39. The zero-order valence-electron chi connectivity index (χ0n) is 18.8. The maximum atomic E-state index is 13.9. The van der Waals surface area contributed by atoms with Crippen LogP contribution < -0.4 is 19.5 Å². The van der Waals surface area contributed by atoms with Gasteiger partial charge in [-0.2, -0.15) is 10.1 Å². The van der Waals surface area contributed by atoms with E-state index in [9.17, 15) is 4.39 Å². The maximum absolute atomic E-state index is 13.9. The van der Waals surface area contributed by atoms with Gasteiger partial charge in [-0.1, -0.05) is 35.9 Å². The number of methoxy groups -OCH3 is 2. The maximum Gasteiger partial charge on any atom is 0.226 e. The van der Waals surface area contributed by atoms with E-state index >= 15 is 0 Å². The summed E-state index contributed by atoms with van der Waals surface area (Å²) in [4.78, 5) is 4.41. The molecule has 9 heteroatoms. The molecule has 0 aliphatic carbocycles. The molecule has 0 spiro atoms. The fourth-order valence-electron chi connectivity index (χ4n) is 4.78. The summed E-state index contributed by atoms with van der Waals surface area (Å²) in [5, 5.41) is 8.48. The van der Waals surface area contributed by atoms with E-state index < -0.39 is 12.1 Å². The number of fused-ring (bicyclic) bond motifs is 3. The normalized spacial score (nSPS) is 18.1. The Hall–Kier alpha value is -4.04. The topological polar surface area (TPSA) is 70.4 Å². The Labute approximate surface area is 205 Å². The van der Waals surface area contributed by atoms with E-state index in [0.717, 1.165) is 28.0 Å². The number of para-hydroxylation sites is 1. The first-order valence-corrected chi connectivity index (χ1v) is 11.3. The molecule has 3 heterocycles. The Morgan fingerprint density at radius 2 is 1.89 bits per heavy atom. The van der Waals surface area contributed by atoms with Crippen LogP contribution >= 0.6 is 11.6 Å². The van der Waals surface area contributed by atoms with E-state index in [4.69, 9.17) is 25.8 Å². The summed E-state index contributed by atoms with van der Waals surface area (Å²) in [5.41, 5.74) is 4.06. The number of nitrogens with one attached hydrogen (secondary N) is 1. The van der Waals surface area contributed by atoms with Crippen LogP contribution in [0.25, 0.3) is 5.70 Å². The third-order valence-electron chi connectivity index (χ3n) is 6.28. The lowest BCUT2D eigenvalue weighted by molar-refractivity contribution is 0.216. The van der Waals surface area contributed by atoms with Gasteiger partial charge >= 0.3 is 0 Å². The molecule has 4 aromatic rings. The minimum atomic E-state index is -0.580. The molecule has 35 heavy (non-hydrogen) atoms. The van der Waals surface area contributed by atoms with Gasteiger partial charge in [-0.3, -0.25) is 0 Å². The molecule has 2 aliphatic heterocycles. The molecule has 2 atom stereocenters. The van der Waals surface area contributed by atoms with Crippen LogP contribution in [0.15, 0.2) is 72.6 Å². The van der Waals surface area contributed by atoms with Gasteiger partial charge in [-0.15, -0.1) is 0 Å². The molecule has 0 radical (unpaired) electrons. The van der Waals surface area contributed by atoms with E-state index in [0.29, 0.717) is 28.2 Å². The Morgan fingerprint density at radius 3 is 2.66 bits per heavy atom. The van der Waals surface area contributed by atoms with Crippen molar-refractivity contribution in [2.45, 2.75) is 12.1 Å². The van der Waals surface area contributed by atoms with Crippen LogP contribution in [0.1, 0.15) is 28.8 Å². The number of rotatable bonds is 4. The monoisotopic (exact) mass is 490 g/mol. The lowest BCUT2D eigenvalue weighted by Crippen LogP contribution is -2.32. The van der Waals surface area contributed by atoms with Crippen molar-refractivity contribution < 1.29 is 18.6 Å². The smallest absolute Gasteiger partial charge is 0.226 e. The zero-order chi connectivity index (χ0) is 24.1. The fraction of sp³-hybridized carbons (Fsp3) is 0.154. The average molecular weight is 491 g/mol. The average Bonchev–Trinajstić information content (AvgIpc) is 3.35. The van der Waals surface area contributed by atoms with E-state index in [2.05, 4.69) is 15.4 Å². The predicted octanol–water partition coefficient (Wildman–Crippen LogP) is 5.65. The van der Waals surface area contributed by atoms with Gasteiger partial charge in [-0.25, -0.2) is 9.07 Å². The third-order valence-corrected chi connectivity index (χ3v) is 6.51. The van der Waals surface area contributed by atoms with E-state index in [1.54, 1.807) is 37.1 Å². The van der Waals surface area contributed by atoms with Crippen LogP contribution in [0.4, 0.5) is 10.3 Å². The van der Waals surface area contributed by atoms with Crippen LogP contribution in [0.3, 0.4) is 0 Å². The Morgan fingerprint density at radius 1 is 1.06 bits per heavy atom. The van der Waals surface area contributed by atoms with Gasteiger partial charge in [0, 0.05) is 21.7 Å². The number of benzene rings is 3. The third kappa shape index (κ3) is 3.40. The largest absolute Gasteiger partial charge is 0.493 e. The van der Waals surface area contributed by atoms with Gasteiger partial charge in [0.05, 0.1) is 19.9 Å². The summed E-state index contributed by atoms with van der Waals surface area (Å²) in [7, 11) is 3.19. The molecular weight excluding hydrogens is 471 g/mol. The van der Waals surface area contributed by atoms with E-state index in [1.165, 1.54) is 18.5 Å². The molecule has 6 rings (SSSR count). The standard InChI is InChI=1S/C26H20ClFN4O3/c1-33-20-5-3-4-17(24(20)34-2)25-21-22(18-12-15(27)8-11-19(18)35-25)31-26-29-13-30-32(26)23(21)14-6-9-16(28)10-7-14/h3-13,23,25H,1-2H3,(H,29,30,31). The van der Waals surface area contributed by atoms with Crippen LogP contribution in [-0.4, -0.2) is 29.0 Å². The number of hydrogen-bond acceptors (Lipinski definition) is 6. The molecule has 0 fully saturated rings. The number of anilines is 1. The molecule has 0 amide bonds. The molecule has 2 unspecified atom stereocenters. The lowest BCUT2D eigenvalue weighted by atomic mass is 9.84. The summed E-state index contributed by atoms with van der Waals surface area (Å²) in [6.45, 7) is 0. The van der Waals surface area contributed by atoms with Crippen LogP contribution in [0.5, 0.6) is 17.2 Å². The predicted molar refractivity (Wildman–Crippen MR) is 129 cm³/mol. The van der Waals surface area contributed by atoms with Crippen molar-refractivity contribution in [3.05, 3.63) is 100 Å². The Kier molecular flexibility index (Phi) is 5.11. The molecule has 7 nitrogen and oxygen atoms in total. The molecule has 0 saturated carbocycles. The van der Waals surface area contributed by atoms with Gasteiger partial charge in [0.2, 0.25) is 5.95 Å². The van der Waals surface area contributed by atoms with Crippen molar-refractivity contribution in [3.63, 3.8) is 0 Å². The van der Waals surface area contributed by atoms with Crippen molar-refractivity contribution in [2.75, 3.05) is 19.5 Å². The van der Waals surface area contributed by atoms with Crippen molar-refractivity contribution in [1.29, 1.82) is 0 Å². The van der Waals surface area contributed by atoms with Gasteiger partial charge in [0.1, 0.15) is 23.9 Å². The molecule has 2 aliphatic rings. The van der Waals surface area contributed by atoms with E-state index in [1.807, 2.05) is 30.3 Å². The molecule has 0 bridgehead atoms. The van der Waals surface area contributed by atoms with Crippen molar-refractivity contribution in [2.24, 2.45) is 0 Å². The minimum absolute atomic E-state index is 0.321. The highest BCUT2D eigenvalue weighted by Gasteiger charge is 2.42. The Bertz CT molecular complexity index is 1470. The second-order valence-electron chi connectivity index (χ2n) is 8.16. The summed E-state index contributed by atoms with van der Waals surface area (Å²) in [5.74, 6) is 2.04. The highest BCUT2D eigenvalue weighted by atomic mass is 35.5. The van der Waals surface area contributed by atoms with E-state index in [-0.39, 0.29) is 5.82 Å². The molecule has 1 N–H and O–H groups in total. The first kappa shape index (κ1) is 21.5. The second-order valence-corrected chi connectivity index (χ2v) is 8.60. The van der Waals surface area contributed by atoms with Crippen LogP contribution in [0, 0.1) is 5.82 Å². The first-order chi connectivity index (χ1) is 17.1. The van der Waals surface area contributed by atoms with Crippen LogP contribution in [0.2, 0.25) is 5.02 Å². The summed E-state index contributed by atoms with van der Waals surface area (Å²) in [6.07, 6.45) is 0.904. The molecule has 1 aromatic heterocycles. The van der Waals surface area contributed by atoms with Crippen molar-refractivity contribution >= 4 is 23.2 Å². The van der Waals surface area contributed by atoms with Gasteiger partial charge in [0.25, 0.3) is 0 Å². The SMILES string of the molecule is COc1cccc(C2Oc3ccc(Cl)cc3C3=C2C(c2ccc(F)cc2)n2ncnc2N3)c1OC. The highest BCUT2D eigenvalue weighted by Crippen LogP contribution is 2.53. The first-order valence-electron chi connectivity index (χ1n) is 10.9. The van der Waals surface area contributed by atoms with Crippen LogP contribution in [-0.2, 0) is 0 Å². The molecular formula is C26H20ClFN4O3. The number of hydrogen-bond donors (Lipinski definition) is 1. The fourth-order valence-corrected chi connectivity index (χ4v) is 4.96. The summed E-state index contributed by atoms with van der Waals surface area (Å²) in [6, 6.07) is 17.1. The minimum Gasteiger partial charge on any atom is -0.493 e. The highest BCUT2D eigenvalue weighted by molar-refractivity contribution is 6.30. The second kappa shape index (κ2) is 8.32. The van der Waals surface area contributed by atoms with Crippen molar-refractivity contribution in [3.8, 4) is 17.2 Å². The van der Waals surface area contributed by atoms with Crippen molar-refractivity contribution in [1.82, 2.24) is 14.8 Å². The van der Waals surface area contributed by atoms with Gasteiger partial charge in [0.15, 0.2) is 17.6 Å².